The summed E-state index contributed by atoms with van der Waals surface area (Å²) < 4.78 is 42.3. The summed E-state index contributed by atoms with van der Waals surface area (Å²) in [6, 6.07) is 24.4. The van der Waals surface area contributed by atoms with Gasteiger partial charge in [0.1, 0.15) is 6.04 Å². The molecule has 0 aliphatic carbocycles. The third kappa shape index (κ3) is 5.22. The minimum Gasteiger partial charge on any atom is -0.293 e. The van der Waals surface area contributed by atoms with Crippen LogP contribution >= 0.6 is 15.9 Å². The minimum absolute atomic E-state index is 0.0288. The van der Waals surface area contributed by atoms with Crippen molar-refractivity contribution in [2.24, 2.45) is 0 Å². The summed E-state index contributed by atoms with van der Waals surface area (Å²) in [7, 11) is 0. The van der Waals surface area contributed by atoms with Gasteiger partial charge in [0.25, 0.3) is 17.7 Å². The Bertz CT molecular complexity index is 1540. The van der Waals surface area contributed by atoms with Gasteiger partial charge < -0.3 is 0 Å². The first kappa shape index (κ1) is 26.4. The Morgan fingerprint density at radius 1 is 0.744 bits per heavy atom. The van der Waals surface area contributed by atoms with Crippen LogP contribution in [0, 0.1) is 0 Å². The first-order chi connectivity index (χ1) is 18.6. The lowest BCUT2D eigenvalue weighted by Crippen LogP contribution is -2.58. The maximum Gasteiger partial charge on any atom is 0.416 e. The van der Waals surface area contributed by atoms with Crippen molar-refractivity contribution >= 4 is 45.0 Å². The number of amides is 3. The Hall–Kier alpha value is -4.24. The highest BCUT2D eigenvalue weighted by Gasteiger charge is 2.45. The van der Waals surface area contributed by atoms with Crippen LogP contribution in [0.25, 0.3) is 0 Å². The van der Waals surface area contributed by atoms with Gasteiger partial charge in [0.2, 0.25) is 0 Å². The van der Waals surface area contributed by atoms with Gasteiger partial charge in [-0.2, -0.15) is 13.2 Å². The number of benzene rings is 4. The van der Waals surface area contributed by atoms with Gasteiger partial charge in [0, 0.05) is 22.0 Å². The maximum absolute atomic E-state index is 14.1. The molecule has 39 heavy (non-hydrogen) atoms. The highest BCUT2D eigenvalue weighted by Crippen LogP contribution is 2.42. The Balaban J connectivity index is 1.73. The molecule has 1 heterocycles. The van der Waals surface area contributed by atoms with Crippen LogP contribution in [0.4, 0.5) is 24.5 Å². The van der Waals surface area contributed by atoms with Gasteiger partial charge >= 0.3 is 6.18 Å². The first-order valence-electron chi connectivity index (χ1n) is 11.9. The molecule has 1 aliphatic heterocycles. The molecule has 0 saturated carbocycles. The molecule has 1 aliphatic rings. The molecule has 0 bridgehead atoms. The lowest BCUT2D eigenvalue weighted by atomic mass is 9.96. The predicted octanol–water partition coefficient (Wildman–Crippen LogP) is 6.91. The number of imide groups is 1. The van der Waals surface area contributed by atoms with Gasteiger partial charge in [0.05, 0.1) is 16.9 Å². The van der Waals surface area contributed by atoms with Gasteiger partial charge in [-0.15, -0.1) is 0 Å². The first-order valence-corrected chi connectivity index (χ1v) is 12.7. The zero-order valence-corrected chi connectivity index (χ0v) is 21.8. The zero-order valence-electron chi connectivity index (χ0n) is 20.2. The highest BCUT2D eigenvalue weighted by molar-refractivity contribution is 9.10. The van der Waals surface area contributed by atoms with E-state index in [-0.39, 0.29) is 28.9 Å². The van der Waals surface area contributed by atoms with Crippen LogP contribution in [-0.2, 0) is 17.4 Å². The number of halogens is 4. The molecule has 4 aromatic carbocycles. The quantitative estimate of drug-likeness (QED) is 0.242. The average Bonchev–Trinajstić information content (AvgIpc) is 2.94. The van der Waals surface area contributed by atoms with Gasteiger partial charge in [-0.25, -0.2) is 4.90 Å². The molecule has 0 spiro atoms. The lowest BCUT2D eigenvalue weighted by Gasteiger charge is -2.41. The van der Waals surface area contributed by atoms with Gasteiger partial charge in [-0.1, -0.05) is 64.5 Å². The van der Waals surface area contributed by atoms with E-state index < -0.39 is 35.5 Å². The van der Waals surface area contributed by atoms with Gasteiger partial charge in [-0.3, -0.25) is 19.3 Å². The third-order valence-corrected chi connectivity index (χ3v) is 6.95. The summed E-state index contributed by atoms with van der Waals surface area (Å²) >= 11 is 3.36. The summed E-state index contributed by atoms with van der Waals surface area (Å²) in [5, 5.41) is 0. The number of carbonyl (C=O) groups excluding carboxylic acids is 3. The van der Waals surface area contributed by atoms with E-state index in [1.165, 1.54) is 24.3 Å². The highest BCUT2D eigenvalue weighted by atomic mass is 79.9. The van der Waals surface area contributed by atoms with E-state index in [0.29, 0.717) is 5.56 Å². The molecule has 0 saturated heterocycles. The Labute approximate surface area is 230 Å². The van der Waals surface area contributed by atoms with Crippen molar-refractivity contribution in [3.8, 4) is 0 Å². The molecule has 196 valence electrons. The number of anilines is 2. The van der Waals surface area contributed by atoms with Crippen LogP contribution in [-0.4, -0.2) is 23.8 Å². The summed E-state index contributed by atoms with van der Waals surface area (Å²) in [6.07, 6.45) is -4.74. The van der Waals surface area contributed by atoms with Gasteiger partial charge in [-0.05, 0) is 60.2 Å². The van der Waals surface area contributed by atoms with Gasteiger partial charge in [0.15, 0.2) is 0 Å². The largest absolute Gasteiger partial charge is 0.416 e. The lowest BCUT2D eigenvalue weighted by molar-refractivity contribution is -0.137. The summed E-state index contributed by atoms with van der Waals surface area (Å²) in [4.78, 5) is 43.5. The fourth-order valence-corrected chi connectivity index (χ4v) is 4.80. The van der Waals surface area contributed by atoms with E-state index in [4.69, 9.17) is 0 Å². The maximum atomic E-state index is 14.1. The van der Waals surface area contributed by atoms with E-state index in [2.05, 4.69) is 15.9 Å². The predicted molar refractivity (Wildman–Crippen MR) is 145 cm³/mol. The van der Waals surface area contributed by atoms with Crippen molar-refractivity contribution in [3.63, 3.8) is 0 Å². The second kappa shape index (κ2) is 10.5. The summed E-state index contributed by atoms with van der Waals surface area (Å²) in [5.41, 5.74) is -0.247. The van der Waals surface area contributed by atoms with Crippen LogP contribution in [0.1, 0.15) is 31.8 Å². The molecule has 5 nitrogen and oxygen atoms in total. The third-order valence-electron chi connectivity index (χ3n) is 6.43. The van der Waals surface area contributed by atoms with Crippen molar-refractivity contribution in [2.75, 3.05) is 9.80 Å². The van der Waals surface area contributed by atoms with E-state index in [9.17, 15) is 27.6 Å². The number of nitrogens with zero attached hydrogens (tertiary/aromatic N) is 2. The van der Waals surface area contributed by atoms with E-state index in [1.54, 1.807) is 60.7 Å². The molecule has 0 N–H and O–H groups in total. The smallest absolute Gasteiger partial charge is 0.293 e. The molecule has 0 unspecified atom stereocenters. The number of hydrogen-bond donors (Lipinski definition) is 0. The number of fused-ring (bicyclic) bond motifs is 1. The molecule has 1 atom stereocenters. The minimum atomic E-state index is -4.71. The molecule has 0 radical (unpaired) electrons. The molecule has 4 aromatic rings. The summed E-state index contributed by atoms with van der Waals surface area (Å²) in [5.74, 6) is -2.07. The topological polar surface area (TPSA) is 57.7 Å². The molecule has 9 heteroatoms. The van der Waals surface area contributed by atoms with Crippen LogP contribution in [0.3, 0.4) is 0 Å². The normalized spacial score (nSPS) is 15.2. The van der Waals surface area contributed by atoms with E-state index >= 15 is 0 Å². The number of hydrogen-bond acceptors (Lipinski definition) is 3. The fourth-order valence-electron chi connectivity index (χ4n) is 4.54. The Morgan fingerprint density at radius 2 is 1.31 bits per heavy atom. The second-order valence-corrected chi connectivity index (χ2v) is 9.85. The molecule has 5 rings (SSSR count). The molecular weight excluding hydrogens is 573 g/mol. The molecule has 0 fully saturated rings. The van der Waals surface area contributed by atoms with Crippen molar-refractivity contribution in [1.82, 2.24) is 0 Å². The zero-order chi connectivity index (χ0) is 27.7. The average molecular weight is 593 g/mol. The van der Waals surface area contributed by atoms with Crippen LogP contribution < -0.4 is 9.80 Å². The Kier molecular flexibility index (Phi) is 7.10. The number of carbonyl (C=O) groups is 3. The SMILES string of the molecule is O=C(c1ccccc1)N1C(=O)[C@@H](Cc2ccc(Br)cc2)N(C(=O)c2ccccc2)c2cc(C(F)(F)F)ccc21. The van der Waals surface area contributed by atoms with E-state index in [1.807, 2.05) is 0 Å². The monoisotopic (exact) mass is 592 g/mol. The summed E-state index contributed by atoms with van der Waals surface area (Å²) in [6.45, 7) is 0. The number of alkyl halides is 3. The molecular formula is C30H20BrF3N2O3. The van der Waals surface area contributed by atoms with Crippen LogP contribution in [0.2, 0.25) is 0 Å². The van der Waals surface area contributed by atoms with Crippen molar-refractivity contribution in [1.29, 1.82) is 0 Å². The molecule has 3 amide bonds. The van der Waals surface area contributed by atoms with Crippen molar-refractivity contribution in [2.45, 2.75) is 18.6 Å². The standard InChI is InChI=1S/C30H20BrF3N2O3/c31-23-14-11-19(12-15-23)17-26-29(39)36(28(38)21-9-5-2-6-10-21)24-16-13-22(30(32,33)34)18-25(24)35(26)27(37)20-7-3-1-4-8-20/h1-16,18,26H,17H2/t26-/m1/s1. The fraction of sp³-hybridized carbons (Fsp3) is 0.100. The van der Waals surface area contributed by atoms with Crippen LogP contribution in [0.15, 0.2) is 108 Å². The van der Waals surface area contributed by atoms with Crippen molar-refractivity contribution in [3.05, 3.63) is 130 Å². The molecule has 0 aromatic heterocycles. The van der Waals surface area contributed by atoms with Crippen LogP contribution in [0.5, 0.6) is 0 Å². The second-order valence-electron chi connectivity index (χ2n) is 8.93. The van der Waals surface area contributed by atoms with Crippen molar-refractivity contribution < 1.29 is 27.6 Å². The number of rotatable bonds is 4. The van der Waals surface area contributed by atoms with E-state index in [0.717, 1.165) is 32.5 Å². The Morgan fingerprint density at radius 3 is 1.87 bits per heavy atom.